The van der Waals surface area contributed by atoms with Crippen LogP contribution in [0.4, 0.5) is 5.13 Å². The number of nitrogen functional groups attached to an aromatic ring is 1. The third-order valence-corrected chi connectivity index (χ3v) is 7.66. The Hall–Kier alpha value is -1.29. The molecule has 2 saturated heterocycles. The van der Waals surface area contributed by atoms with Crippen molar-refractivity contribution in [1.29, 1.82) is 0 Å². The molecule has 1 aromatic heterocycles. The second-order valence-electron chi connectivity index (χ2n) is 8.30. The second-order valence-corrected chi connectivity index (χ2v) is 9.40. The number of nitrogens with zero attached hydrogens (tertiary/aromatic N) is 4. The summed E-state index contributed by atoms with van der Waals surface area (Å²) in [7, 11) is 0. The van der Waals surface area contributed by atoms with Crippen molar-refractivity contribution >= 4 is 22.4 Å². The Kier molecular flexibility index (Phi) is 6.15. The molecule has 0 radical (unpaired) electrons. The number of piperidine rings is 1. The lowest BCUT2D eigenvalue weighted by Gasteiger charge is -2.53. The van der Waals surface area contributed by atoms with Gasteiger partial charge in [-0.3, -0.25) is 9.69 Å². The highest BCUT2D eigenvalue weighted by Crippen LogP contribution is 2.47. The van der Waals surface area contributed by atoms with E-state index >= 15 is 0 Å². The number of morpholine rings is 1. The van der Waals surface area contributed by atoms with Gasteiger partial charge in [-0.1, -0.05) is 18.3 Å². The molecule has 1 aromatic rings. The summed E-state index contributed by atoms with van der Waals surface area (Å²) in [5, 5.41) is 12.3. The first-order valence-electron chi connectivity index (χ1n) is 10.5. The topological polar surface area (TPSA) is 96.6 Å². The van der Waals surface area contributed by atoms with Crippen molar-refractivity contribution in [1.82, 2.24) is 25.3 Å². The summed E-state index contributed by atoms with van der Waals surface area (Å²) in [5.41, 5.74) is 5.38. The summed E-state index contributed by atoms with van der Waals surface area (Å²) in [6.45, 7) is 9.29. The molecule has 0 unspecified atom stereocenters. The van der Waals surface area contributed by atoms with Crippen LogP contribution in [0, 0.1) is 11.3 Å². The number of aromatic nitrogens is 2. The largest absolute Gasteiger partial charge is 0.379 e. The number of nitrogens with two attached hydrogens (primary N) is 1. The highest BCUT2D eigenvalue weighted by molar-refractivity contribution is 7.15. The highest BCUT2D eigenvalue weighted by Gasteiger charge is 2.52. The summed E-state index contributed by atoms with van der Waals surface area (Å²) < 4.78 is 5.53. The number of hydrogen-bond donors (Lipinski definition) is 2. The summed E-state index contributed by atoms with van der Waals surface area (Å²) in [6.07, 6.45) is 4.28. The van der Waals surface area contributed by atoms with Crippen LogP contribution in [0.1, 0.15) is 37.6 Å². The summed E-state index contributed by atoms with van der Waals surface area (Å²) in [6, 6.07) is 0.589. The van der Waals surface area contributed by atoms with Crippen LogP contribution in [0.5, 0.6) is 0 Å². The van der Waals surface area contributed by atoms with E-state index in [1.165, 1.54) is 11.3 Å². The second kappa shape index (κ2) is 8.61. The summed E-state index contributed by atoms with van der Waals surface area (Å²) in [5.74, 6) is 0.626. The summed E-state index contributed by atoms with van der Waals surface area (Å²) >= 11 is 1.34. The third kappa shape index (κ3) is 4.03. The smallest absolute Gasteiger partial charge is 0.228 e. The number of anilines is 1. The van der Waals surface area contributed by atoms with Crippen molar-refractivity contribution in [3.63, 3.8) is 0 Å². The third-order valence-electron chi connectivity index (χ3n) is 6.91. The zero-order valence-electron chi connectivity index (χ0n) is 16.7. The van der Waals surface area contributed by atoms with Gasteiger partial charge in [-0.25, -0.2) is 0 Å². The first-order chi connectivity index (χ1) is 13.6. The van der Waals surface area contributed by atoms with Gasteiger partial charge in [0, 0.05) is 25.7 Å². The average molecular weight is 409 g/mol. The number of carbonyl (C=O) groups is 1. The quantitative estimate of drug-likeness (QED) is 0.749. The van der Waals surface area contributed by atoms with Gasteiger partial charge in [0.1, 0.15) is 5.01 Å². The molecule has 3 fully saturated rings. The predicted octanol–water partition coefficient (Wildman–Crippen LogP) is 0.949. The molecule has 4 rings (SSSR count). The predicted molar refractivity (Wildman–Crippen MR) is 109 cm³/mol. The normalized spacial score (nSPS) is 32.0. The molecule has 3 heterocycles. The number of amides is 1. The molecule has 9 heteroatoms. The maximum absolute atomic E-state index is 13.4. The van der Waals surface area contributed by atoms with Crippen LogP contribution in [0.25, 0.3) is 0 Å². The fraction of sp³-hybridized carbons (Fsp3) is 0.842. The van der Waals surface area contributed by atoms with Gasteiger partial charge in [0.25, 0.3) is 0 Å². The van der Waals surface area contributed by atoms with E-state index < -0.39 is 0 Å². The van der Waals surface area contributed by atoms with Gasteiger partial charge in [0.15, 0.2) is 0 Å². The minimum atomic E-state index is -0.284. The first-order valence-corrected chi connectivity index (χ1v) is 11.3. The molecule has 28 heavy (non-hydrogen) atoms. The van der Waals surface area contributed by atoms with E-state index in [9.17, 15) is 4.79 Å². The van der Waals surface area contributed by atoms with Crippen LogP contribution >= 0.6 is 11.3 Å². The van der Waals surface area contributed by atoms with E-state index in [1.54, 1.807) is 0 Å². The van der Waals surface area contributed by atoms with Crippen LogP contribution in [0.15, 0.2) is 0 Å². The molecule has 3 atom stereocenters. The van der Waals surface area contributed by atoms with Gasteiger partial charge in [-0.05, 0) is 44.7 Å². The summed E-state index contributed by atoms with van der Waals surface area (Å²) in [4.78, 5) is 18.5. The minimum Gasteiger partial charge on any atom is -0.379 e. The van der Waals surface area contributed by atoms with Crippen molar-refractivity contribution in [2.75, 3.05) is 51.7 Å². The lowest BCUT2D eigenvalue weighted by atomic mass is 9.61. The Bertz CT molecular complexity index is 679. The molecule has 1 saturated carbocycles. The van der Waals surface area contributed by atoms with E-state index in [0.717, 1.165) is 76.6 Å². The number of nitrogens with one attached hydrogen (secondary N) is 1. The number of rotatable bonds is 5. The van der Waals surface area contributed by atoms with E-state index in [1.807, 2.05) is 0 Å². The van der Waals surface area contributed by atoms with Crippen LogP contribution in [-0.4, -0.2) is 77.9 Å². The lowest BCUT2D eigenvalue weighted by Crippen LogP contribution is -2.60. The van der Waals surface area contributed by atoms with Gasteiger partial charge < -0.3 is 20.7 Å². The maximum Gasteiger partial charge on any atom is 0.228 e. The minimum absolute atomic E-state index is 0.185. The van der Waals surface area contributed by atoms with E-state index in [4.69, 9.17) is 10.5 Å². The monoisotopic (exact) mass is 408 g/mol. The number of hydrogen-bond acceptors (Lipinski definition) is 8. The van der Waals surface area contributed by atoms with Gasteiger partial charge in [-0.15, -0.1) is 10.2 Å². The van der Waals surface area contributed by atoms with Crippen molar-refractivity contribution < 1.29 is 9.53 Å². The van der Waals surface area contributed by atoms with Crippen molar-refractivity contribution in [2.24, 2.45) is 11.3 Å². The molecule has 1 aliphatic carbocycles. The molecule has 2 aliphatic heterocycles. The fourth-order valence-electron chi connectivity index (χ4n) is 5.30. The van der Waals surface area contributed by atoms with Crippen LogP contribution < -0.4 is 11.1 Å². The molecular weight excluding hydrogens is 376 g/mol. The number of ether oxygens (including phenoxy) is 1. The Morgan fingerprint density at radius 3 is 2.86 bits per heavy atom. The van der Waals surface area contributed by atoms with Crippen LogP contribution in [0.3, 0.4) is 0 Å². The molecule has 0 spiro atoms. The van der Waals surface area contributed by atoms with Crippen LogP contribution in [-0.2, 0) is 16.1 Å². The average Bonchev–Trinajstić information content (AvgIpc) is 3.16. The molecule has 0 aromatic carbocycles. The number of carbonyl (C=O) groups excluding carboxylic acids is 1. The molecule has 8 nitrogen and oxygen atoms in total. The fourth-order valence-corrected chi connectivity index (χ4v) is 5.85. The van der Waals surface area contributed by atoms with Crippen LogP contribution in [0.2, 0.25) is 0 Å². The number of likely N-dealkylation sites (tertiary alicyclic amines) is 1. The van der Waals surface area contributed by atoms with E-state index in [-0.39, 0.29) is 11.3 Å². The Balaban J connectivity index is 1.46. The van der Waals surface area contributed by atoms with Gasteiger partial charge >= 0.3 is 0 Å². The zero-order chi connectivity index (χ0) is 19.6. The SMILES string of the molecule is CCN1CC[C@@H]2C[C@@H](N3CCOCC3)CC[C@@]2(C(=O)NCc2nnc(N)s2)C1. The molecule has 1 amide bonds. The standard InChI is InChI=1S/C19H32N6O2S/c1-2-24-6-4-14-11-15(25-7-9-27-10-8-25)3-5-19(14,13-24)17(26)21-12-16-22-23-18(20)28-16/h14-15H,2-13H2,1H3,(H2,20,23)(H,21,26)/t14-,15+,19-/m1/s1. The zero-order valence-corrected chi connectivity index (χ0v) is 17.5. The molecule has 156 valence electrons. The lowest BCUT2D eigenvalue weighted by molar-refractivity contribution is -0.145. The Morgan fingerprint density at radius 1 is 1.32 bits per heavy atom. The van der Waals surface area contributed by atoms with E-state index in [2.05, 4.69) is 32.2 Å². The molecule has 0 bridgehead atoms. The molecule has 3 aliphatic rings. The molecule has 3 N–H and O–H groups in total. The van der Waals surface area contributed by atoms with Crippen molar-refractivity contribution in [2.45, 2.75) is 45.2 Å². The van der Waals surface area contributed by atoms with Crippen molar-refractivity contribution in [3.05, 3.63) is 5.01 Å². The van der Waals surface area contributed by atoms with Gasteiger partial charge in [0.05, 0.1) is 25.2 Å². The molecular formula is C19H32N6O2S. The Labute approximate surface area is 170 Å². The van der Waals surface area contributed by atoms with Gasteiger partial charge in [0.2, 0.25) is 11.0 Å². The first kappa shape index (κ1) is 20.0. The van der Waals surface area contributed by atoms with Gasteiger partial charge in [-0.2, -0.15) is 0 Å². The van der Waals surface area contributed by atoms with Crippen molar-refractivity contribution in [3.8, 4) is 0 Å². The Morgan fingerprint density at radius 2 is 2.14 bits per heavy atom. The maximum atomic E-state index is 13.4. The highest BCUT2D eigenvalue weighted by atomic mass is 32.1. The number of fused-ring (bicyclic) bond motifs is 1. The van der Waals surface area contributed by atoms with E-state index in [0.29, 0.717) is 23.6 Å².